The molecule has 0 radical (unpaired) electrons. The molecule has 2 heterocycles. The molecule has 8 nitrogen and oxygen atoms in total. The molecule has 2 N–H and O–H groups in total. The van der Waals surface area contributed by atoms with Gasteiger partial charge in [0.05, 0.1) is 10.4 Å². The van der Waals surface area contributed by atoms with Crippen molar-refractivity contribution >= 4 is 34.9 Å². The topological polar surface area (TPSA) is 104 Å². The Balaban J connectivity index is 0.00000192. The summed E-state index contributed by atoms with van der Waals surface area (Å²) in [6.45, 7) is 2.24. The van der Waals surface area contributed by atoms with Crippen LogP contribution < -0.4 is 5.32 Å². The van der Waals surface area contributed by atoms with Crippen molar-refractivity contribution in [2.24, 2.45) is 5.92 Å². The van der Waals surface area contributed by atoms with Gasteiger partial charge in [-0.25, -0.2) is 0 Å². The van der Waals surface area contributed by atoms with E-state index in [1.807, 2.05) is 7.05 Å². The molecule has 1 amide bonds. The number of halogens is 1. The lowest BCUT2D eigenvalue weighted by atomic mass is 10.1. The molecule has 1 aliphatic heterocycles. The van der Waals surface area contributed by atoms with E-state index in [1.165, 1.54) is 12.1 Å². The number of hydrogen-bond donors (Lipinski definition) is 2. The van der Waals surface area contributed by atoms with Gasteiger partial charge in [0.2, 0.25) is 0 Å². The highest BCUT2D eigenvalue weighted by atomic mass is 35.5. The molecule has 9 heteroatoms. The van der Waals surface area contributed by atoms with Crippen LogP contribution in [0.1, 0.15) is 16.9 Å². The van der Waals surface area contributed by atoms with Gasteiger partial charge in [-0.05, 0) is 32.0 Å². The van der Waals surface area contributed by atoms with Crippen LogP contribution in [0.3, 0.4) is 0 Å². The Morgan fingerprint density at radius 1 is 1.57 bits per heavy atom. The van der Waals surface area contributed by atoms with Gasteiger partial charge in [-0.15, -0.1) is 12.4 Å². The first kappa shape index (κ1) is 17.2. The molecule has 1 aromatic carbocycles. The number of rotatable bonds is 4. The molecular formula is C14H18ClN5O3. The fourth-order valence-electron chi connectivity index (χ4n) is 2.90. The zero-order valence-electron chi connectivity index (χ0n) is 12.6. The number of aromatic amines is 1. The van der Waals surface area contributed by atoms with Gasteiger partial charge in [0.25, 0.3) is 11.6 Å². The monoisotopic (exact) mass is 339 g/mol. The Hall–Kier alpha value is -2.19. The molecule has 1 aliphatic rings. The second kappa shape index (κ2) is 6.93. The van der Waals surface area contributed by atoms with Gasteiger partial charge in [-0.2, -0.15) is 5.10 Å². The highest BCUT2D eigenvalue weighted by Crippen LogP contribution is 2.25. The van der Waals surface area contributed by atoms with Crippen molar-refractivity contribution in [1.82, 2.24) is 20.4 Å². The van der Waals surface area contributed by atoms with Crippen molar-refractivity contribution in [1.29, 1.82) is 0 Å². The second-order valence-corrected chi connectivity index (χ2v) is 5.52. The van der Waals surface area contributed by atoms with E-state index in [4.69, 9.17) is 0 Å². The number of carbonyl (C=O) groups excluding carboxylic acids is 1. The quantitative estimate of drug-likeness (QED) is 0.650. The predicted molar refractivity (Wildman–Crippen MR) is 87.9 cm³/mol. The summed E-state index contributed by atoms with van der Waals surface area (Å²) in [5.74, 6) is 0.263. The molecule has 0 bridgehead atoms. The van der Waals surface area contributed by atoms with E-state index in [-0.39, 0.29) is 29.7 Å². The van der Waals surface area contributed by atoms with E-state index in [0.29, 0.717) is 29.9 Å². The van der Waals surface area contributed by atoms with E-state index in [1.54, 1.807) is 11.0 Å². The van der Waals surface area contributed by atoms with Crippen LogP contribution in [-0.4, -0.2) is 52.6 Å². The van der Waals surface area contributed by atoms with E-state index in [2.05, 4.69) is 15.5 Å². The molecule has 2 aromatic rings. The van der Waals surface area contributed by atoms with Gasteiger partial charge in [-0.3, -0.25) is 20.0 Å². The number of nitro benzene ring substituents is 1. The van der Waals surface area contributed by atoms with Crippen molar-refractivity contribution in [3.8, 4) is 0 Å². The number of nitrogens with zero attached hydrogens (tertiary/aromatic N) is 3. The minimum Gasteiger partial charge on any atom is -0.337 e. The van der Waals surface area contributed by atoms with Gasteiger partial charge < -0.3 is 10.2 Å². The maximum Gasteiger partial charge on any atom is 0.275 e. The first-order chi connectivity index (χ1) is 10.6. The summed E-state index contributed by atoms with van der Waals surface area (Å²) >= 11 is 0. The normalized spacial score (nSPS) is 17.3. The molecule has 1 unspecified atom stereocenters. The average molecular weight is 340 g/mol. The number of hydrogen-bond acceptors (Lipinski definition) is 5. The average Bonchev–Trinajstić information content (AvgIpc) is 3.12. The number of fused-ring (bicyclic) bond motifs is 1. The van der Waals surface area contributed by atoms with Gasteiger partial charge in [0.15, 0.2) is 5.69 Å². The van der Waals surface area contributed by atoms with E-state index in [0.717, 1.165) is 13.0 Å². The van der Waals surface area contributed by atoms with Crippen LogP contribution in [0, 0.1) is 16.0 Å². The molecule has 1 atom stereocenters. The SMILES string of the molecule is CNCC1CCN(C(=O)c2n[nH]c3ccc([N+](=O)[O-])cc23)C1.Cl. The van der Waals surface area contributed by atoms with E-state index >= 15 is 0 Å². The standard InChI is InChI=1S/C14H17N5O3.ClH/c1-15-7-9-4-5-18(8-9)14(20)13-11-6-10(19(21)22)2-3-12(11)16-17-13;/h2-3,6,9,15H,4-5,7-8H2,1H3,(H,16,17);1H. The van der Waals surface area contributed by atoms with Crippen molar-refractivity contribution in [3.05, 3.63) is 34.0 Å². The maximum atomic E-state index is 12.6. The van der Waals surface area contributed by atoms with E-state index in [9.17, 15) is 14.9 Å². The number of likely N-dealkylation sites (tertiary alicyclic amines) is 1. The Morgan fingerprint density at radius 2 is 2.35 bits per heavy atom. The minimum atomic E-state index is -0.473. The van der Waals surface area contributed by atoms with Gasteiger partial charge >= 0.3 is 0 Å². The summed E-state index contributed by atoms with van der Waals surface area (Å²) in [7, 11) is 1.89. The molecule has 124 valence electrons. The van der Waals surface area contributed by atoms with Crippen LogP contribution >= 0.6 is 12.4 Å². The summed E-state index contributed by atoms with van der Waals surface area (Å²) in [5, 5.41) is 21.3. The van der Waals surface area contributed by atoms with Crippen molar-refractivity contribution in [2.75, 3.05) is 26.7 Å². The number of benzene rings is 1. The van der Waals surface area contributed by atoms with E-state index < -0.39 is 4.92 Å². The highest BCUT2D eigenvalue weighted by Gasteiger charge is 2.29. The number of nitro groups is 1. The molecule has 1 aromatic heterocycles. The summed E-state index contributed by atoms with van der Waals surface area (Å²) in [4.78, 5) is 24.8. The predicted octanol–water partition coefficient (Wildman–Crippen LogP) is 1.57. The van der Waals surface area contributed by atoms with Crippen molar-refractivity contribution < 1.29 is 9.72 Å². The number of aromatic nitrogens is 2. The number of carbonyl (C=O) groups is 1. The molecule has 3 rings (SSSR count). The van der Waals surface area contributed by atoms with Crippen LogP contribution in [0.5, 0.6) is 0 Å². The van der Waals surface area contributed by atoms with Crippen molar-refractivity contribution in [3.63, 3.8) is 0 Å². The van der Waals surface area contributed by atoms with Gasteiger partial charge in [0.1, 0.15) is 0 Å². The largest absolute Gasteiger partial charge is 0.337 e. The van der Waals surface area contributed by atoms with Crippen LogP contribution in [0.4, 0.5) is 5.69 Å². The summed E-state index contributed by atoms with van der Waals surface area (Å²) in [6, 6.07) is 4.37. The highest BCUT2D eigenvalue weighted by molar-refractivity contribution is 6.05. The second-order valence-electron chi connectivity index (χ2n) is 5.52. The Bertz CT molecular complexity index is 732. The Labute approximate surface area is 138 Å². The number of amides is 1. The smallest absolute Gasteiger partial charge is 0.275 e. The third-order valence-corrected chi connectivity index (χ3v) is 4.03. The van der Waals surface area contributed by atoms with Gasteiger partial charge in [-0.1, -0.05) is 0 Å². The molecule has 1 fully saturated rings. The minimum absolute atomic E-state index is 0. The molecule has 1 saturated heterocycles. The third kappa shape index (κ3) is 3.27. The Morgan fingerprint density at radius 3 is 3.04 bits per heavy atom. The molecular weight excluding hydrogens is 322 g/mol. The molecule has 0 aliphatic carbocycles. The first-order valence-corrected chi connectivity index (χ1v) is 7.16. The fraction of sp³-hybridized carbons (Fsp3) is 0.429. The third-order valence-electron chi connectivity index (χ3n) is 4.03. The van der Waals surface area contributed by atoms with Crippen LogP contribution in [0.2, 0.25) is 0 Å². The number of H-pyrrole nitrogens is 1. The molecule has 0 spiro atoms. The molecule has 23 heavy (non-hydrogen) atoms. The van der Waals surface area contributed by atoms with Crippen molar-refractivity contribution in [2.45, 2.75) is 6.42 Å². The van der Waals surface area contributed by atoms with Crippen LogP contribution in [0.25, 0.3) is 10.9 Å². The summed E-state index contributed by atoms with van der Waals surface area (Å²) in [5.41, 5.74) is 0.834. The molecule has 0 saturated carbocycles. The first-order valence-electron chi connectivity index (χ1n) is 7.16. The van der Waals surface area contributed by atoms with Crippen LogP contribution in [0.15, 0.2) is 18.2 Å². The number of nitrogens with one attached hydrogen (secondary N) is 2. The summed E-state index contributed by atoms with van der Waals surface area (Å²) in [6.07, 6.45) is 0.953. The summed E-state index contributed by atoms with van der Waals surface area (Å²) < 4.78 is 0. The lowest BCUT2D eigenvalue weighted by molar-refractivity contribution is -0.384. The van der Waals surface area contributed by atoms with Crippen LogP contribution in [-0.2, 0) is 0 Å². The number of non-ortho nitro benzene ring substituents is 1. The Kier molecular flexibility index (Phi) is 5.17. The zero-order valence-corrected chi connectivity index (χ0v) is 13.4. The lowest BCUT2D eigenvalue weighted by Gasteiger charge is -2.15. The maximum absolute atomic E-state index is 12.6. The zero-order chi connectivity index (χ0) is 15.7. The fourth-order valence-corrected chi connectivity index (χ4v) is 2.90. The van der Waals surface area contributed by atoms with Gasteiger partial charge in [0, 0.05) is 30.6 Å². The lowest BCUT2D eigenvalue weighted by Crippen LogP contribution is -2.30.